The van der Waals surface area contributed by atoms with Crippen molar-refractivity contribution in [1.82, 2.24) is 9.62 Å². The van der Waals surface area contributed by atoms with Crippen molar-refractivity contribution in [3.8, 4) is 0 Å². The van der Waals surface area contributed by atoms with Crippen molar-refractivity contribution in [1.29, 1.82) is 0 Å². The molecule has 1 rings (SSSR count). The summed E-state index contributed by atoms with van der Waals surface area (Å²) in [5, 5.41) is 0. The summed E-state index contributed by atoms with van der Waals surface area (Å²) < 4.78 is 62.6. The smallest absolute Gasteiger partial charge is 0.348 e. The van der Waals surface area contributed by atoms with Crippen molar-refractivity contribution >= 4 is 15.9 Å². The van der Waals surface area contributed by atoms with Gasteiger partial charge >= 0.3 is 6.18 Å². The van der Waals surface area contributed by atoms with Gasteiger partial charge in [-0.2, -0.15) is 13.2 Å². The highest BCUT2D eigenvalue weighted by molar-refractivity contribution is 7.89. The number of likely N-dealkylation sites (N-methyl/N-ethyl adjacent to an activating group) is 1. The zero-order chi connectivity index (χ0) is 15.6. The molecule has 0 aliphatic rings. The second-order valence-electron chi connectivity index (χ2n) is 4.13. The number of benzene rings is 1. The number of halogens is 3. The average Bonchev–Trinajstić information content (AvgIpc) is 2.35. The third-order valence-electron chi connectivity index (χ3n) is 2.40. The van der Waals surface area contributed by atoms with Crippen LogP contribution in [0.5, 0.6) is 0 Å². The van der Waals surface area contributed by atoms with Gasteiger partial charge in [-0.3, -0.25) is 4.79 Å². The third-order valence-corrected chi connectivity index (χ3v) is 3.82. The van der Waals surface area contributed by atoms with E-state index in [1.54, 1.807) is 0 Å². The molecule has 0 aliphatic carbocycles. The summed E-state index contributed by atoms with van der Waals surface area (Å²) in [4.78, 5) is 12.1. The molecule has 112 valence electrons. The summed E-state index contributed by atoms with van der Waals surface area (Å²) in [5.41, 5.74) is -0.944. The monoisotopic (exact) mass is 310 g/mol. The molecule has 9 heteroatoms. The highest BCUT2D eigenvalue weighted by Crippen LogP contribution is 2.29. The SMILES string of the molecule is CN(C)C(=O)CNS(=O)(=O)c1ccc(C(F)(F)F)cc1. The van der Waals surface area contributed by atoms with E-state index in [1.807, 2.05) is 4.72 Å². The molecule has 0 radical (unpaired) electrons. The van der Waals surface area contributed by atoms with Gasteiger partial charge in [0.25, 0.3) is 0 Å². The number of carbonyl (C=O) groups is 1. The first-order valence-corrected chi connectivity index (χ1v) is 6.89. The van der Waals surface area contributed by atoms with E-state index in [4.69, 9.17) is 0 Å². The summed E-state index contributed by atoms with van der Waals surface area (Å²) in [6.07, 6.45) is -4.53. The van der Waals surface area contributed by atoms with E-state index in [1.165, 1.54) is 19.0 Å². The summed E-state index contributed by atoms with van der Waals surface area (Å²) >= 11 is 0. The molecule has 0 atom stereocenters. The minimum atomic E-state index is -4.53. The molecule has 1 N–H and O–H groups in total. The first-order chi connectivity index (χ1) is 9.04. The number of sulfonamides is 1. The fraction of sp³-hybridized carbons (Fsp3) is 0.364. The Hall–Kier alpha value is -1.61. The van der Waals surface area contributed by atoms with Crippen LogP contribution in [0.25, 0.3) is 0 Å². The molecule has 0 bridgehead atoms. The van der Waals surface area contributed by atoms with Gasteiger partial charge in [-0.25, -0.2) is 13.1 Å². The van der Waals surface area contributed by atoms with Crippen LogP contribution in [0, 0.1) is 0 Å². The molecule has 0 fully saturated rings. The molecule has 0 saturated carbocycles. The van der Waals surface area contributed by atoms with Crippen LogP contribution in [0.3, 0.4) is 0 Å². The highest BCUT2D eigenvalue weighted by Gasteiger charge is 2.30. The van der Waals surface area contributed by atoms with Crippen molar-refractivity contribution in [2.75, 3.05) is 20.6 Å². The zero-order valence-electron chi connectivity index (χ0n) is 10.7. The van der Waals surface area contributed by atoms with Gasteiger partial charge in [-0.1, -0.05) is 0 Å². The fourth-order valence-corrected chi connectivity index (χ4v) is 2.20. The first-order valence-electron chi connectivity index (χ1n) is 5.41. The van der Waals surface area contributed by atoms with E-state index in [0.29, 0.717) is 12.1 Å². The lowest BCUT2D eigenvalue weighted by Gasteiger charge is -2.12. The van der Waals surface area contributed by atoms with Gasteiger partial charge in [-0.05, 0) is 24.3 Å². The van der Waals surface area contributed by atoms with Crippen molar-refractivity contribution in [3.05, 3.63) is 29.8 Å². The Morgan fingerprint density at radius 3 is 2.10 bits per heavy atom. The van der Waals surface area contributed by atoms with Gasteiger partial charge in [-0.15, -0.1) is 0 Å². The molecule has 1 amide bonds. The average molecular weight is 310 g/mol. The molecule has 0 aromatic heterocycles. The van der Waals surface area contributed by atoms with E-state index in [9.17, 15) is 26.4 Å². The second kappa shape index (κ2) is 5.80. The van der Waals surface area contributed by atoms with E-state index in [-0.39, 0.29) is 4.90 Å². The van der Waals surface area contributed by atoms with E-state index < -0.39 is 34.2 Å². The number of hydrogen-bond acceptors (Lipinski definition) is 3. The number of alkyl halides is 3. The van der Waals surface area contributed by atoms with Crippen molar-refractivity contribution in [3.63, 3.8) is 0 Å². The number of carbonyl (C=O) groups excluding carboxylic acids is 1. The predicted octanol–water partition coefficient (Wildman–Crippen LogP) is 1.07. The van der Waals surface area contributed by atoms with Crippen LogP contribution in [0.1, 0.15) is 5.56 Å². The number of rotatable bonds is 4. The number of nitrogens with zero attached hydrogens (tertiary/aromatic N) is 1. The standard InChI is InChI=1S/C11H13F3N2O3S/c1-16(2)10(17)7-15-20(18,19)9-5-3-8(4-6-9)11(12,13)14/h3-6,15H,7H2,1-2H3. The van der Waals surface area contributed by atoms with E-state index in [0.717, 1.165) is 12.1 Å². The molecule has 1 aromatic carbocycles. The van der Waals surface area contributed by atoms with Gasteiger partial charge in [0.15, 0.2) is 0 Å². The maximum Gasteiger partial charge on any atom is 0.416 e. The Labute approximate surface area is 114 Å². The zero-order valence-corrected chi connectivity index (χ0v) is 11.5. The van der Waals surface area contributed by atoms with Crippen molar-refractivity contribution in [2.45, 2.75) is 11.1 Å². The van der Waals surface area contributed by atoms with Crippen LogP contribution in [0.4, 0.5) is 13.2 Å². The lowest BCUT2D eigenvalue weighted by atomic mass is 10.2. The molecule has 0 aliphatic heterocycles. The number of amides is 1. The minimum Gasteiger partial charge on any atom is -0.348 e. The van der Waals surface area contributed by atoms with E-state index in [2.05, 4.69) is 0 Å². The normalized spacial score (nSPS) is 12.2. The lowest BCUT2D eigenvalue weighted by molar-refractivity contribution is -0.137. The van der Waals surface area contributed by atoms with E-state index >= 15 is 0 Å². The van der Waals surface area contributed by atoms with Gasteiger partial charge in [0, 0.05) is 14.1 Å². The van der Waals surface area contributed by atoms with Crippen molar-refractivity contribution < 1.29 is 26.4 Å². The van der Waals surface area contributed by atoms with Crippen LogP contribution in [-0.2, 0) is 21.0 Å². The topological polar surface area (TPSA) is 66.5 Å². The van der Waals surface area contributed by atoms with Gasteiger partial charge < -0.3 is 4.90 Å². The molecule has 1 aromatic rings. The van der Waals surface area contributed by atoms with Gasteiger partial charge in [0.05, 0.1) is 17.0 Å². The lowest BCUT2D eigenvalue weighted by Crippen LogP contribution is -2.36. The van der Waals surface area contributed by atoms with Gasteiger partial charge in [0.1, 0.15) is 0 Å². The molecular weight excluding hydrogens is 297 g/mol. The maximum absolute atomic E-state index is 12.3. The Morgan fingerprint density at radius 1 is 1.20 bits per heavy atom. The maximum atomic E-state index is 12.3. The Morgan fingerprint density at radius 2 is 1.70 bits per heavy atom. The van der Waals surface area contributed by atoms with Crippen LogP contribution in [0.2, 0.25) is 0 Å². The van der Waals surface area contributed by atoms with Crippen molar-refractivity contribution in [2.24, 2.45) is 0 Å². The summed E-state index contributed by atoms with van der Waals surface area (Å²) in [5.74, 6) is -0.472. The molecule has 5 nitrogen and oxygen atoms in total. The molecule has 0 spiro atoms. The summed E-state index contributed by atoms with van der Waals surface area (Å²) in [7, 11) is -1.11. The number of nitrogens with one attached hydrogen (secondary N) is 1. The van der Waals surface area contributed by atoms with Crippen LogP contribution in [0.15, 0.2) is 29.2 Å². The van der Waals surface area contributed by atoms with Crippen LogP contribution in [-0.4, -0.2) is 39.9 Å². The first kappa shape index (κ1) is 16.4. The summed E-state index contributed by atoms with van der Waals surface area (Å²) in [6.45, 7) is -0.462. The quantitative estimate of drug-likeness (QED) is 0.905. The summed E-state index contributed by atoms with van der Waals surface area (Å²) in [6, 6.07) is 3.02. The molecule has 0 unspecified atom stereocenters. The molecule has 0 heterocycles. The second-order valence-corrected chi connectivity index (χ2v) is 5.90. The third kappa shape index (κ3) is 4.20. The minimum absolute atomic E-state index is 0.336. The predicted molar refractivity (Wildman–Crippen MR) is 65.3 cm³/mol. The Balaban J connectivity index is 2.86. The largest absolute Gasteiger partial charge is 0.416 e. The van der Waals surface area contributed by atoms with Gasteiger partial charge in [0.2, 0.25) is 15.9 Å². The molecule has 20 heavy (non-hydrogen) atoms. The number of hydrogen-bond donors (Lipinski definition) is 1. The van der Waals surface area contributed by atoms with Crippen LogP contribution < -0.4 is 4.72 Å². The Bertz CT molecular complexity index is 580. The van der Waals surface area contributed by atoms with Crippen LogP contribution >= 0.6 is 0 Å². The Kier molecular flexibility index (Phi) is 4.77. The highest BCUT2D eigenvalue weighted by atomic mass is 32.2. The molecular formula is C11H13F3N2O3S. The molecule has 0 saturated heterocycles. The fourth-order valence-electron chi connectivity index (χ4n) is 1.22.